The highest BCUT2D eigenvalue weighted by molar-refractivity contribution is 6.46. The average molecular weight is 502 g/mol. The van der Waals surface area contributed by atoms with Gasteiger partial charge in [-0.1, -0.05) is 54.1 Å². The van der Waals surface area contributed by atoms with Crippen LogP contribution < -0.4 is 9.47 Å². The van der Waals surface area contributed by atoms with Crippen LogP contribution in [0, 0.1) is 13.8 Å². The van der Waals surface area contributed by atoms with Crippen LogP contribution in [0.2, 0.25) is 0 Å². The maximum atomic E-state index is 13.2. The summed E-state index contributed by atoms with van der Waals surface area (Å²) in [4.78, 5) is 27.8. The van der Waals surface area contributed by atoms with Gasteiger partial charge in [0.2, 0.25) is 0 Å². The molecule has 37 heavy (non-hydrogen) atoms. The third-order valence-electron chi connectivity index (χ3n) is 6.47. The molecule has 0 bridgehead atoms. The van der Waals surface area contributed by atoms with Gasteiger partial charge in [-0.3, -0.25) is 9.59 Å². The van der Waals surface area contributed by atoms with E-state index in [0.29, 0.717) is 29.2 Å². The average Bonchev–Trinajstić information content (AvgIpc) is 3.17. The Balaban J connectivity index is 1.78. The highest BCUT2D eigenvalue weighted by Crippen LogP contribution is 2.42. The lowest BCUT2D eigenvalue weighted by Gasteiger charge is -2.26. The Labute approximate surface area is 216 Å². The second kappa shape index (κ2) is 11.3. The smallest absolute Gasteiger partial charge is 0.295 e. The first-order valence-corrected chi connectivity index (χ1v) is 12.0. The summed E-state index contributed by atoms with van der Waals surface area (Å²) in [5.74, 6) is -0.635. The lowest BCUT2D eigenvalue weighted by Crippen LogP contribution is -2.32. The summed E-state index contributed by atoms with van der Waals surface area (Å²) in [7, 11) is 3.07. The quantitative estimate of drug-likeness (QED) is 0.253. The first kappa shape index (κ1) is 26.0. The van der Waals surface area contributed by atoms with Crippen LogP contribution in [0.15, 0.2) is 72.3 Å². The molecule has 1 unspecified atom stereocenters. The Morgan fingerprint density at radius 2 is 1.70 bits per heavy atom. The van der Waals surface area contributed by atoms with E-state index in [0.717, 1.165) is 16.7 Å². The number of nitrogens with zero attached hydrogens (tertiary/aromatic N) is 1. The van der Waals surface area contributed by atoms with Crippen molar-refractivity contribution in [1.82, 2.24) is 4.90 Å². The van der Waals surface area contributed by atoms with E-state index in [1.165, 1.54) is 19.1 Å². The highest BCUT2D eigenvalue weighted by Gasteiger charge is 2.46. The van der Waals surface area contributed by atoms with Gasteiger partial charge in [-0.25, -0.2) is 0 Å². The zero-order valence-electron chi connectivity index (χ0n) is 21.5. The Bertz CT molecular complexity index is 1330. The fourth-order valence-electron chi connectivity index (χ4n) is 4.49. The van der Waals surface area contributed by atoms with Gasteiger partial charge in [0.05, 0.1) is 25.3 Å². The Kier molecular flexibility index (Phi) is 7.94. The highest BCUT2D eigenvalue weighted by atomic mass is 16.5. The van der Waals surface area contributed by atoms with Crippen LogP contribution in [0.1, 0.15) is 33.9 Å². The van der Waals surface area contributed by atoms with E-state index in [9.17, 15) is 14.7 Å². The van der Waals surface area contributed by atoms with Crippen LogP contribution >= 0.6 is 0 Å². The standard InChI is InChI=1S/C30H31NO6/c1-19-10-11-20(2)23(16-19)28(32)26-27(31(14-15-35-3)30(34)29(26)33)22-12-13-24(25(17-22)36-4)37-18-21-8-6-5-7-9-21/h5-13,16-17,27,32H,14-15,18H2,1-4H3/b28-26+. The fourth-order valence-corrected chi connectivity index (χ4v) is 4.49. The van der Waals surface area contributed by atoms with Crippen molar-refractivity contribution < 1.29 is 28.9 Å². The van der Waals surface area contributed by atoms with E-state index in [1.807, 2.05) is 62.4 Å². The van der Waals surface area contributed by atoms with E-state index in [4.69, 9.17) is 14.2 Å². The number of carbonyl (C=O) groups is 2. The molecule has 0 aromatic heterocycles. The number of amides is 1. The fraction of sp³-hybridized carbons (Fsp3) is 0.267. The number of benzene rings is 3. The van der Waals surface area contributed by atoms with Crippen molar-refractivity contribution in [3.8, 4) is 11.5 Å². The SMILES string of the molecule is COCCN1C(=O)C(=O)/C(=C(/O)c2cc(C)ccc2C)C1c1ccc(OCc2ccccc2)c(OC)c1. The van der Waals surface area contributed by atoms with E-state index in [-0.39, 0.29) is 24.5 Å². The van der Waals surface area contributed by atoms with Crippen LogP contribution in [0.25, 0.3) is 5.76 Å². The summed E-state index contributed by atoms with van der Waals surface area (Å²) < 4.78 is 16.8. The topological polar surface area (TPSA) is 85.3 Å². The van der Waals surface area contributed by atoms with Crippen molar-refractivity contribution in [2.45, 2.75) is 26.5 Å². The molecule has 7 heteroatoms. The molecule has 4 rings (SSSR count). The predicted octanol–water partition coefficient (Wildman–Crippen LogP) is 4.96. The van der Waals surface area contributed by atoms with Gasteiger partial charge < -0.3 is 24.2 Å². The van der Waals surface area contributed by atoms with E-state index < -0.39 is 17.7 Å². The van der Waals surface area contributed by atoms with Gasteiger partial charge in [-0.15, -0.1) is 0 Å². The van der Waals surface area contributed by atoms with E-state index >= 15 is 0 Å². The van der Waals surface area contributed by atoms with Crippen molar-refractivity contribution >= 4 is 17.4 Å². The minimum Gasteiger partial charge on any atom is -0.507 e. The molecule has 1 atom stereocenters. The van der Waals surface area contributed by atoms with Crippen molar-refractivity contribution in [1.29, 1.82) is 0 Å². The molecule has 7 nitrogen and oxygen atoms in total. The largest absolute Gasteiger partial charge is 0.507 e. The molecule has 1 heterocycles. The first-order chi connectivity index (χ1) is 17.8. The monoisotopic (exact) mass is 501 g/mol. The first-order valence-electron chi connectivity index (χ1n) is 12.0. The predicted molar refractivity (Wildman–Crippen MR) is 141 cm³/mol. The number of likely N-dealkylation sites (tertiary alicyclic amines) is 1. The number of aliphatic hydroxyl groups excluding tert-OH is 1. The van der Waals surface area contributed by atoms with Gasteiger partial charge in [0.15, 0.2) is 11.5 Å². The number of ether oxygens (including phenoxy) is 3. The second-order valence-electron chi connectivity index (χ2n) is 8.99. The van der Waals surface area contributed by atoms with Gasteiger partial charge in [-0.05, 0) is 48.7 Å². The molecular formula is C30H31NO6. The molecule has 1 aliphatic heterocycles. The zero-order valence-corrected chi connectivity index (χ0v) is 21.5. The van der Waals surface area contributed by atoms with Crippen molar-refractivity contribution in [3.05, 3.63) is 100 Å². The number of aliphatic hydroxyl groups is 1. The zero-order chi connectivity index (χ0) is 26.5. The molecule has 1 saturated heterocycles. The molecule has 1 amide bonds. The molecular weight excluding hydrogens is 470 g/mol. The van der Waals surface area contributed by atoms with Crippen LogP contribution in [-0.2, 0) is 20.9 Å². The normalized spacial score (nSPS) is 16.8. The van der Waals surface area contributed by atoms with Gasteiger partial charge in [0.1, 0.15) is 12.4 Å². The molecule has 3 aromatic carbocycles. The summed E-state index contributed by atoms with van der Waals surface area (Å²) in [6.45, 7) is 4.54. The number of hydrogen-bond donors (Lipinski definition) is 1. The van der Waals surface area contributed by atoms with Gasteiger partial charge in [0.25, 0.3) is 11.7 Å². The molecule has 1 aliphatic rings. The summed E-state index contributed by atoms with van der Waals surface area (Å²) in [6, 6.07) is 19.9. The summed E-state index contributed by atoms with van der Waals surface area (Å²) in [5.41, 5.74) is 3.91. The summed E-state index contributed by atoms with van der Waals surface area (Å²) in [6.07, 6.45) is 0. The Morgan fingerprint density at radius 1 is 0.946 bits per heavy atom. The number of carbonyl (C=O) groups excluding carboxylic acids is 2. The number of hydrogen-bond acceptors (Lipinski definition) is 6. The number of ketones is 1. The lowest BCUT2D eigenvalue weighted by molar-refractivity contribution is -0.140. The maximum absolute atomic E-state index is 13.2. The molecule has 0 spiro atoms. The molecule has 0 radical (unpaired) electrons. The van der Waals surface area contributed by atoms with Crippen LogP contribution in [0.4, 0.5) is 0 Å². The van der Waals surface area contributed by atoms with E-state index in [2.05, 4.69) is 0 Å². The minimum atomic E-state index is -0.813. The maximum Gasteiger partial charge on any atom is 0.295 e. The number of Topliss-reactive ketones (excluding diaryl/α,β-unsaturated/α-hetero) is 1. The Hall–Kier alpha value is -4.10. The third kappa shape index (κ3) is 5.37. The van der Waals surface area contributed by atoms with Crippen molar-refractivity contribution in [3.63, 3.8) is 0 Å². The van der Waals surface area contributed by atoms with Crippen LogP contribution in [0.5, 0.6) is 11.5 Å². The second-order valence-corrected chi connectivity index (χ2v) is 8.99. The van der Waals surface area contributed by atoms with Gasteiger partial charge in [-0.2, -0.15) is 0 Å². The molecule has 0 aliphatic carbocycles. The summed E-state index contributed by atoms with van der Waals surface area (Å²) >= 11 is 0. The molecule has 1 N–H and O–H groups in total. The van der Waals surface area contributed by atoms with Crippen LogP contribution in [-0.4, -0.2) is 49.1 Å². The number of rotatable bonds is 9. The van der Waals surface area contributed by atoms with Gasteiger partial charge >= 0.3 is 0 Å². The summed E-state index contributed by atoms with van der Waals surface area (Å²) in [5, 5.41) is 11.4. The van der Waals surface area contributed by atoms with Gasteiger partial charge in [0, 0.05) is 19.2 Å². The Morgan fingerprint density at radius 3 is 2.41 bits per heavy atom. The number of methoxy groups -OCH3 is 2. The van der Waals surface area contributed by atoms with Crippen LogP contribution in [0.3, 0.4) is 0 Å². The van der Waals surface area contributed by atoms with E-state index in [1.54, 1.807) is 18.2 Å². The minimum absolute atomic E-state index is 0.0369. The van der Waals surface area contributed by atoms with Crippen molar-refractivity contribution in [2.75, 3.05) is 27.4 Å². The van der Waals surface area contributed by atoms with Crippen molar-refractivity contribution in [2.24, 2.45) is 0 Å². The number of aryl methyl sites for hydroxylation is 2. The molecule has 192 valence electrons. The lowest BCUT2D eigenvalue weighted by atomic mass is 9.93. The molecule has 3 aromatic rings. The third-order valence-corrected chi connectivity index (χ3v) is 6.47. The molecule has 1 fully saturated rings. The molecule has 0 saturated carbocycles.